The van der Waals surface area contributed by atoms with Crippen molar-refractivity contribution in [1.29, 1.82) is 0 Å². The Balaban J connectivity index is 2.37. The van der Waals surface area contributed by atoms with E-state index in [1.807, 2.05) is 0 Å². The van der Waals surface area contributed by atoms with Gasteiger partial charge < -0.3 is 9.63 Å². The number of phenolic OH excluding ortho intramolecular Hbond substituents is 1. The van der Waals surface area contributed by atoms with Gasteiger partial charge in [-0.2, -0.15) is 0 Å². The summed E-state index contributed by atoms with van der Waals surface area (Å²) < 4.78 is 30.3. The minimum Gasteiger partial charge on any atom is -0.507 e. The maximum absolute atomic E-state index is 11.8. The second-order valence-corrected chi connectivity index (χ2v) is 4.64. The molecule has 0 amide bonds. The number of hydrogen-bond acceptors (Lipinski definition) is 5. The fourth-order valence-electron chi connectivity index (χ4n) is 1.15. The number of sulfonamides is 1. The molecule has 0 fully saturated rings. The van der Waals surface area contributed by atoms with E-state index in [-0.39, 0.29) is 16.3 Å². The third kappa shape index (κ3) is 1.98. The number of rotatable bonds is 3. The predicted octanol–water partition coefficient (Wildman–Crippen LogP) is 1.18. The number of nitrogens with zero attached hydrogens (tertiary/aromatic N) is 1. The number of aromatic nitrogens is 1. The molecule has 1 heterocycles. The summed E-state index contributed by atoms with van der Waals surface area (Å²) in [6.07, 6.45) is 2.37. The second-order valence-electron chi connectivity index (χ2n) is 2.99. The predicted molar refractivity (Wildman–Crippen MR) is 55.4 cm³/mol. The number of para-hydroxylation sites is 1. The van der Waals surface area contributed by atoms with Gasteiger partial charge in [0.25, 0.3) is 10.0 Å². The highest BCUT2D eigenvalue weighted by Gasteiger charge is 2.18. The van der Waals surface area contributed by atoms with Crippen LogP contribution >= 0.6 is 0 Å². The van der Waals surface area contributed by atoms with E-state index >= 15 is 0 Å². The Hall–Kier alpha value is -2.02. The molecule has 6 nitrogen and oxygen atoms in total. The first-order chi connectivity index (χ1) is 7.59. The topological polar surface area (TPSA) is 92.4 Å². The van der Waals surface area contributed by atoms with Crippen LogP contribution in [0.15, 0.2) is 46.1 Å². The van der Waals surface area contributed by atoms with E-state index in [1.54, 1.807) is 0 Å². The number of nitrogens with one attached hydrogen (secondary N) is 1. The van der Waals surface area contributed by atoms with Crippen LogP contribution in [0.3, 0.4) is 0 Å². The van der Waals surface area contributed by atoms with Gasteiger partial charge in [0, 0.05) is 0 Å². The van der Waals surface area contributed by atoms with Crippen molar-refractivity contribution in [2.45, 2.75) is 4.90 Å². The summed E-state index contributed by atoms with van der Waals surface area (Å²) in [4.78, 5) is -0.198. The Morgan fingerprint density at radius 1 is 1.31 bits per heavy atom. The lowest BCUT2D eigenvalue weighted by molar-refractivity contribution is 0.420. The SMILES string of the molecule is O=S(=O)(Nc1cnoc1)c1ccccc1O. The summed E-state index contributed by atoms with van der Waals surface area (Å²) in [5.41, 5.74) is 0.197. The van der Waals surface area contributed by atoms with Crippen LogP contribution in [0.4, 0.5) is 5.69 Å². The van der Waals surface area contributed by atoms with E-state index in [9.17, 15) is 13.5 Å². The zero-order valence-corrected chi connectivity index (χ0v) is 8.81. The van der Waals surface area contributed by atoms with E-state index < -0.39 is 10.0 Å². The summed E-state index contributed by atoms with van der Waals surface area (Å²) in [6, 6.07) is 5.64. The minimum atomic E-state index is -3.81. The van der Waals surface area contributed by atoms with Crippen LogP contribution < -0.4 is 4.72 Å². The summed E-state index contributed by atoms with van der Waals surface area (Å²) in [5, 5.41) is 12.8. The van der Waals surface area contributed by atoms with Crippen LogP contribution in [0.1, 0.15) is 0 Å². The summed E-state index contributed by atoms with van der Waals surface area (Å²) in [7, 11) is -3.81. The van der Waals surface area contributed by atoms with Crippen LogP contribution in [-0.2, 0) is 10.0 Å². The van der Waals surface area contributed by atoms with Gasteiger partial charge in [-0.3, -0.25) is 4.72 Å². The molecule has 0 atom stereocenters. The number of anilines is 1. The molecule has 2 N–H and O–H groups in total. The molecule has 84 valence electrons. The van der Waals surface area contributed by atoms with Crippen molar-refractivity contribution < 1.29 is 18.0 Å². The van der Waals surface area contributed by atoms with Crippen molar-refractivity contribution in [2.75, 3.05) is 4.72 Å². The molecule has 0 saturated heterocycles. The molecule has 0 radical (unpaired) electrons. The van der Waals surface area contributed by atoms with Crippen molar-refractivity contribution in [3.05, 3.63) is 36.7 Å². The van der Waals surface area contributed by atoms with E-state index in [1.165, 1.54) is 30.5 Å². The highest BCUT2D eigenvalue weighted by Crippen LogP contribution is 2.23. The van der Waals surface area contributed by atoms with Crippen LogP contribution in [0, 0.1) is 0 Å². The molecule has 16 heavy (non-hydrogen) atoms. The average molecular weight is 240 g/mol. The molecule has 0 unspecified atom stereocenters. The highest BCUT2D eigenvalue weighted by molar-refractivity contribution is 7.92. The highest BCUT2D eigenvalue weighted by atomic mass is 32.2. The fraction of sp³-hybridized carbons (Fsp3) is 0. The fourth-order valence-corrected chi connectivity index (χ4v) is 2.27. The quantitative estimate of drug-likeness (QED) is 0.840. The van der Waals surface area contributed by atoms with Crippen LogP contribution in [-0.4, -0.2) is 18.7 Å². The zero-order chi connectivity index (χ0) is 11.6. The maximum atomic E-state index is 11.8. The third-order valence-corrected chi connectivity index (χ3v) is 3.27. The van der Waals surface area contributed by atoms with Crippen molar-refractivity contribution in [2.24, 2.45) is 0 Å². The maximum Gasteiger partial charge on any atom is 0.265 e. The van der Waals surface area contributed by atoms with Gasteiger partial charge in [0.1, 0.15) is 22.6 Å². The largest absolute Gasteiger partial charge is 0.507 e. The molecule has 2 aromatic rings. The molecule has 7 heteroatoms. The van der Waals surface area contributed by atoms with Gasteiger partial charge in [0.15, 0.2) is 0 Å². The molecule has 0 aliphatic heterocycles. The van der Waals surface area contributed by atoms with Crippen LogP contribution in [0.5, 0.6) is 5.75 Å². The first kappa shape index (κ1) is 10.5. The van der Waals surface area contributed by atoms with Crippen LogP contribution in [0.2, 0.25) is 0 Å². The van der Waals surface area contributed by atoms with Crippen molar-refractivity contribution in [3.63, 3.8) is 0 Å². The lowest BCUT2D eigenvalue weighted by Gasteiger charge is -2.06. The third-order valence-electron chi connectivity index (χ3n) is 1.84. The monoisotopic (exact) mass is 240 g/mol. The first-order valence-electron chi connectivity index (χ1n) is 4.30. The Morgan fingerprint density at radius 3 is 2.69 bits per heavy atom. The summed E-state index contributed by atoms with van der Waals surface area (Å²) in [5.74, 6) is -0.313. The molecule has 0 aliphatic rings. The zero-order valence-electron chi connectivity index (χ0n) is 7.99. The normalized spacial score (nSPS) is 11.2. The minimum absolute atomic E-state index is 0.197. The van der Waals surface area contributed by atoms with E-state index in [0.29, 0.717) is 0 Å². The number of aromatic hydroxyl groups is 1. The molecule has 1 aromatic heterocycles. The van der Waals surface area contributed by atoms with E-state index in [0.717, 1.165) is 6.26 Å². The van der Waals surface area contributed by atoms with Gasteiger partial charge in [-0.1, -0.05) is 17.3 Å². The van der Waals surface area contributed by atoms with E-state index in [4.69, 9.17) is 0 Å². The Bertz CT molecular complexity index is 577. The van der Waals surface area contributed by atoms with Crippen molar-refractivity contribution >= 4 is 15.7 Å². The molecule has 0 bridgehead atoms. The lowest BCUT2D eigenvalue weighted by Crippen LogP contribution is -2.12. The van der Waals surface area contributed by atoms with Gasteiger partial charge in [-0.05, 0) is 12.1 Å². The van der Waals surface area contributed by atoms with Gasteiger partial charge in [0.05, 0.1) is 6.20 Å². The Labute approximate surface area is 91.6 Å². The summed E-state index contributed by atoms with van der Waals surface area (Å²) >= 11 is 0. The van der Waals surface area contributed by atoms with Crippen molar-refractivity contribution in [3.8, 4) is 5.75 Å². The summed E-state index contributed by atoms with van der Waals surface area (Å²) in [6.45, 7) is 0. The second kappa shape index (κ2) is 3.86. The molecule has 2 rings (SSSR count). The molecular formula is C9H8N2O4S. The lowest BCUT2D eigenvalue weighted by atomic mass is 10.3. The number of phenols is 1. The standard InChI is InChI=1S/C9H8N2O4S/c12-8-3-1-2-4-9(8)16(13,14)11-7-5-10-15-6-7/h1-6,11-12H. The molecular weight excluding hydrogens is 232 g/mol. The van der Waals surface area contributed by atoms with E-state index in [2.05, 4.69) is 14.4 Å². The molecule has 0 aliphatic carbocycles. The number of hydrogen-bond donors (Lipinski definition) is 2. The number of benzene rings is 1. The molecule has 0 spiro atoms. The van der Waals surface area contributed by atoms with Gasteiger partial charge in [0.2, 0.25) is 0 Å². The molecule has 1 aromatic carbocycles. The van der Waals surface area contributed by atoms with Crippen molar-refractivity contribution in [1.82, 2.24) is 5.16 Å². The first-order valence-corrected chi connectivity index (χ1v) is 5.78. The smallest absolute Gasteiger partial charge is 0.265 e. The van der Waals surface area contributed by atoms with Gasteiger partial charge in [-0.15, -0.1) is 0 Å². The Kier molecular flexibility index (Phi) is 2.53. The Morgan fingerprint density at radius 2 is 2.06 bits per heavy atom. The van der Waals surface area contributed by atoms with Gasteiger partial charge >= 0.3 is 0 Å². The van der Waals surface area contributed by atoms with Gasteiger partial charge in [-0.25, -0.2) is 8.42 Å². The average Bonchev–Trinajstić information content (AvgIpc) is 2.70. The van der Waals surface area contributed by atoms with Crippen LogP contribution in [0.25, 0.3) is 0 Å². The molecule has 0 saturated carbocycles.